The molecule has 4 N–H and O–H groups in total. The fraction of sp³-hybridized carbons (Fsp3) is 0.300. The summed E-state index contributed by atoms with van der Waals surface area (Å²) in [5.41, 5.74) is 8.31. The molecule has 2 rings (SSSR count). The fourth-order valence-electron chi connectivity index (χ4n) is 1.37. The molecule has 0 saturated heterocycles. The number of hydrogen-bond donors (Lipinski definition) is 3. The number of rotatable bonds is 2. The number of aromatic amines is 1. The van der Waals surface area contributed by atoms with Gasteiger partial charge in [-0.3, -0.25) is 0 Å². The maximum absolute atomic E-state index is 5.67. The van der Waals surface area contributed by atoms with Crippen molar-refractivity contribution in [1.29, 1.82) is 0 Å². The van der Waals surface area contributed by atoms with Crippen molar-refractivity contribution in [2.75, 3.05) is 11.1 Å². The predicted molar refractivity (Wildman–Crippen MR) is 59.3 cm³/mol. The number of hydrogen-bond acceptors (Lipinski definition) is 3. The van der Waals surface area contributed by atoms with E-state index in [2.05, 4.69) is 29.1 Å². The first-order valence-corrected chi connectivity index (χ1v) is 4.67. The first-order valence-electron chi connectivity index (χ1n) is 4.67. The average Bonchev–Trinajstić information content (AvgIpc) is 2.44. The van der Waals surface area contributed by atoms with Crippen molar-refractivity contribution in [2.45, 2.75) is 19.9 Å². The van der Waals surface area contributed by atoms with Crippen LogP contribution >= 0.6 is 0 Å². The van der Waals surface area contributed by atoms with Gasteiger partial charge in [0.15, 0.2) is 0 Å². The molecule has 0 aliphatic carbocycles. The molecule has 0 bridgehead atoms. The fourth-order valence-corrected chi connectivity index (χ4v) is 1.37. The van der Waals surface area contributed by atoms with Gasteiger partial charge in [0, 0.05) is 11.7 Å². The zero-order valence-electron chi connectivity index (χ0n) is 8.33. The molecule has 1 heterocycles. The van der Waals surface area contributed by atoms with Gasteiger partial charge in [0.1, 0.15) is 0 Å². The number of aromatic nitrogens is 2. The van der Waals surface area contributed by atoms with E-state index in [0.717, 1.165) is 22.7 Å². The van der Waals surface area contributed by atoms with Crippen LogP contribution in [0.1, 0.15) is 13.8 Å². The minimum Gasteiger partial charge on any atom is -0.399 e. The quantitative estimate of drug-likeness (QED) is 0.634. The van der Waals surface area contributed by atoms with E-state index in [1.54, 1.807) is 0 Å². The summed E-state index contributed by atoms with van der Waals surface area (Å²) in [6, 6.07) is 6.01. The molecule has 74 valence electrons. The van der Waals surface area contributed by atoms with Gasteiger partial charge in [-0.2, -0.15) is 0 Å². The summed E-state index contributed by atoms with van der Waals surface area (Å²) in [6.45, 7) is 4.14. The molecule has 4 heteroatoms. The molecule has 1 aromatic carbocycles. The lowest BCUT2D eigenvalue weighted by atomic mass is 10.3. The number of nitrogens with zero attached hydrogens (tertiary/aromatic N) is 1. The third kappa shape index (κ3) is 1.64. The Morgan fingerprint density at radius 1 is 1.43 bits per heavy atom. The number of nitrogens with one attached hydrogen (secondary N) is 2. The van der Waals surface area contributed by atoms with Gasteiger partial charge in [0.05, 0.1) is 11.0 Å². The van der Waals surface area contributed by atoms with Crippen LogP contribution in [0.3, 0.4) is 0 Å². The van der Waals surface area contributed by atoms with Crippen molar-refractivity contribution in [3.05, 3.63) is 18.2 Å². The van der Waals surface area contributed by atoms with E-state index in [1.807, 2.05) is 18.2 Å². The summed E-state index contributed by atoms with van der Waals surface area (Å²) < 4.78 is 0. The van der Waals surface area contributed by atoms with E-state index in [1.165, 1.54) is 0 Å². The van der Waals surface area contributed by atoms with Crippen LogP contribution < -0.4 is 11.1 Å². The Labute approximate surface area is 82.5 Å². The maximum atomic E-state index is 5.67. The van der Waals surface area contributed by atoms with Gasteiger partial charge < -0.3 is 16.0 Å². The minimum absolute atomic E-state index is 0.368. The van der Waals surface area contributed by atoms with Gasteiger partial charge in [-0.25, -0.2) is 4.98 Å². The predicted octanol–water partition coefficient (Wildman–Crippen LogP) is 1.97. The summed E-state index contributed by atoms with van der Waals surface area (Å²) >= 11 is 0. The summed E-state index contributed by atoms with van der Waals surface area (Å²) in [5, 5.41) is 3.21. The number of anilines is 2. The van der Waals surface area contributed by atoms with Gasteiger partial charge >= 0.3 is 0 Å². The molecular formula is C10H14N4. The highest BCUT2D eigenvalue weighted by Crippen LogP contribution is 2.17. The van der Waals surface area contributed by atoms with Crippen LogP contribution in [0.5, 0.6) is 0 Å². The van der Waals surface area contributed by atoms with Gasteiger partial charge in [-0.05, 0) is 32.0 Å². The lowest BCUT2D eigenvalue weighted by molar-refractivity contribution is 0.883. The molecule has 0 saturated carbocycles. The lowest BCUT2D eigenvalue weighted by Gasteiger charge is -2.04. The Morgan fingerprint density at radius 2 is 2.21 bits per heavy atom. The third-order valence-corrected chi connectivity index (χ3v) is 1.93. The second kappa shape index (κ2) is 3.21. The molecule has 4 nitrogen and oxygen atoms in total. The van der Waals surface area contributed by atoms with E-state index >= 15 is 0 Å². The number of imidazole rings is 1. The molecule has 0 unspecified atom stereocenters. The summed E-state index contributed by atoms with van der Waals surface area (Å²) in [7, 11) is 0. The van der Waals surface area contributed by atoms with E-state index in [4.69, 9.17) is 5.73 Å². The second-order valence-corrected chi connectivity index (χ2v) is 3.66. The van der Waals surface area contributed by atoms with Gasteiger partial charge in [-0.1, -0.05) is 0 Å². The third-order valence-electron chi connectivity index (χ3n) is 1.93. The number of H-pyrrole nitrogens is 1. The molecule has 0 fully saturated rings. The van der Waals surface area contributed by atoms with E-state index in [9.17, 15) is 0 Å². The van der Waals surface area contributed by atoms with Crippen LogP contribution in [-0.2, 0) is 0 Å². The maximum Gasteiger partial charge on any atom is 0.201 e. The Morgan fingerprint density at radius 3 is 2.93 bits per heavy atom. The minimum atomic E-state index is 0.368. The first-order chi connectivity index (χ1) is 6.65. The monoisotopic (exact) mass is 190 g/mol. The Hall–Kier alpha value is -1.71. The lowest BCUT2D eigenvalue weighted by Crippen LogP contribution is -2.10. The molecule has 14 heavy (non-hydrogen) atoms. The highest BCUT2D eigenvalue weighted by Gasteiger charge is 2.02. The molecule has 0 aliphatic heterocycles. The van der Waals surface area contributed by atoms with Crippen LogP contribution in [0.15, 0.2) is 18.2 Å². The topological polar surface area (TPSA) is 66.7 Å². The Balaban J connectivity index is 2.41. The number of fused-ring (bicyclic) bond motifs is 1. The van der Waals surface area contributed by atoms with Crippen LogP contribution in [0, 0.1) is 0 Å². The van der Waals surface area contributed by atoms with Crippen molar-refractivity contribution in [3.63, 3.8) is 0 Å². The summed E-state index contributed by atoms with van der Waals surface area (Å²) in [6.07, 6.45) is 0. The average molecular weight is 190 g/mol. The van der Waals surface area contributed by atoms with E-state index in [-0.39, 0.29) is 0 Å². The SMILES string of the molecule is CC(C)Nc1nc2ccc(N)cc2[nH]1. The number of nitrogens with two attached hydrogens (primary N) is 1. The van der Waals surface area contributed by atoms with Gasteiger partial charge in [0.2, 0.25) is 5.95 Å². The van der Waals surface area contributed by atoms with E-state index < -0.39 is 0 Å². The Bertz CT molecular complexity index is 444. The molecule has 0 aliphatic rings. The first kappa shape index (κ1) is 8.87. The smallest absolute Gasteiger partial charge is 0.201 e. The molecule has 1 aromatic heterocycles. The van der Waals surface area contributed by atoms with Crippen molar-refractivity contribution in [2.24, 2.45) is 0 Å². The highest BCUT2D eigenvalue weighted by molar-refractivity contribution is 5.80. The number of nitrogen functional groups attached to an aromatic ring is 1. The molecule has 0 atom stereocenters. The van der Waals surface area contributed by atoms with Crippen LogP contribution in [-0.4, -0.2) is 16.0 Å². The highest BCUT2D eigenvalue weighted by atomic mass is 15.1. The molecular weight excluding hydrogens is 176 g/mol. The van der Waals surface area contributed by atoms with Crippen LogP contribution in [0.4, 0.5) is 11.6 Å². The van der Waals surface area contributed by atoms with Crippen LogP contribution in [0.25, 0.3) is 11.0 Å². The van der Waals surface area contributed by atoms with Gasteiger partial charge in [0.25, 0.3) is 0 Å². The normalized spacial score (nSPS) is 11.1. The molecule has 0 spiro atoms. The number of benzene rings is 1. The zero-order valence-corrected chi connectivity index (χ0v) is 8.33. The zero-order chi connectivity index (χ0) is 10.1. The van der Waals surface area contributed by atoms with Gasteiger partial charge in [-0.15, -0.1) is 0 Å². The molecule has 2 aromatic rings. The largest absolute Gasteiger partial charge is 0.399 e. The second-order valence-electron chi connectivity index (χ2n) is 3.66. The molecule has 0 amide bonds. The summed E-state index contributed by atoms with van der Waals surface area (Å²) in [4.78, 5) is 7.54. The van der Waals surface area contributed by atoms with Crippen molar-refractivity contribution in [3.8, 4) is 0 Å². The summed E-state index contributed by atoms with van der Waals surface area (Å²) in [5.74, 6) is 0.792. The van der Waals surface area contributed by atoms with Crippen molar-refractivity contribution >= 4 is 22.7 Å². The molecule has 0 radical (unpaired) electrons. The Kier molecular flexibility index (Phi) is 2.04. The van der Waals surface area contributed by atoms with Crippen molar-refractivity contribution in [1.82, 2.24) is 9.97 Å². The van der Waals surface area contributed by atoms with Crippen molar-refractivity contribution < 1.29 is 0 Å². The standard InChI is InChI=1S/C10H14N4/c1-6(2)12-10-13-8-4-3-7(11)5-9(8)14-10/h3-6H,11H2,1-2H3,(H2,12,13,14). The van der Waals surface area contributed by atoms with Crippen LogP contribution in [0.2, 0.25) is 0 Å². The van der Waals surface area contributed by atoms with E-state index in [0.29, 0.717) is 6.04 Å².